The third-order valence-electron chi connectivity index (χ3n) is 5.37. The van der Waals surface area contributed by atoms with E-state index < -0.39 is 0 Å². The normalized spacial score (nSPS) is 10.9. The maximum atomic E-state index is 12.1. The largest absolute Gasteiger partial charge is 0.494 e. The predicted molar refractivity (Wildman–Crippen MR) is 139 cm³/mol. The van der Waals surface area contributed by atoms with Crippen LogP contribution in [0.1, 0.15) is 0 Å². The minimum absolute atomic E-state index is 0.311. The van der Waals surface area contributed by atoms with Gasteiger partial charge in [-0.05, 0) is 32.3 Å². The fourth-order valence-corrected chi connectivity index (χ4v) is 3.47. The van der Waals surface area contributed by atoms with Crippen LogP contribution in [-0.4, -0.2) is 69.9 Å². The van der Waals surface area contributed by atoms with Gasteiger partial charge in [-0.2, -0.15) is 10.1 Å². The van der Waals surface area contributed by atoms with Gasteiger partial charge in [0.1, 0.15) is 24.4 Å². The first-order chi connectivity index (χ1) is 17.4. The summed E-state index contributed by atoms with van der Waals surface area (Å²) in [4.78, 5) is 27.2. The first kappa shape index (κ1) is 24.6. The topological polar surface area (TPSA) is 119 Å². The van der Waals surface area contributed by atoms with Crippen LogP contribution in [0.3, 0.4) is 0 Å². The number of amides is 1. The molecule has 2 aromatic heterocycles. The van der Waals surface area contributed by atoms with Crippen molar-refractivity contribution in [1.29, 1.82) is 0 Å². The Morgan fingerprint density at radius 2 is 2.00 bits per heavy atom. The van der Waals surface area contributed by atoms with Gasteiger partial charge in [-0.25, -0.2) is 9.97 Å². The maximum absolute atomic E-state index is 12.1. The van der Waals surface area contributed by atoms with Crippen LogP contribution in [-0.2, 0) is 11.8 Å². The van der Waals surface area contributed by atoms with Gasteiger partial charge in [0.15, 0.2) is 5.82 Å². The SMILES string of the molecule is C=CC(=O)Nc1cc(Nc2ncnc(-c3ccc4cnn(C)c4c3)n2)c(OC)cc1OCCN(C)C. The van der Waals surface area contributed by atoms with Crippen LogP contribution in [0.4, 0.5) is 17.3 Å². The zero-order chi connectivity index (χ0) is 25.7. The van der Waals surface area contributed by atoms with Crippen LogP contribution >= 0.6 is 0 Å². The Morgan fingerprint density at radius 1 is 1.17 bits per heavy atom. The Bertz CT molecular complexity index is 1400. The molecule has 11 heteroatoms. The molecule has 11 nitrogen and oxygen atoms in total. The van der Waals surface area contributed by atoms with E-state index in [1.54, 1.807) is 23.9 Å². The van der Waals surface area contributed by atoms with Crippen molar-refractivity contribution in [1.82, 2.24) is 29.6 Å². The van der Waals surface area contributed by atoms with E-state index >= 15 is 0 Å². The number of rotatable bonds is 10. The van der Waals surface area contributed by atoms with E-state index in [4.69, 9.17) is 9.47 Å². The summed E-state index contributed by atoms with van der Waals surface area (Å²) in [6.45, 7) is 4.65. The van der Waals surface area contributed by atoms with Crippen LogP contribution in [0.5, 0.6) is 11.5 Å². The van der Waals surface area contributed by atoms with Crippen LogP contribution in [0.25, 0.3) is 22.3 Å². The lowest BCUT2D eigenvalue weighted by Crippen LogP contribution is -2.20. The summed E-state index contributed by atoms with van der Waals surface area (Å²) in [5, 5.41) is 11.3. The Morgan fingerprint density at radius 3 is 2.75 bits per heavy atom. The first-order valence-corrected chi connectivity index (χ1v) is 11.2. The molecule has 0 bridgehead atoms. The molecule has 4 rings (SSSR count). The van der Waals surface area contributed by atoms with E-state index in [1.165, 1.54) is 12.4 Å². The molecule has 0 aliphatic carbocycles. The fourth-order valence-electron chi connectivity index (χ4n) is 3.47. The highest BCUT2D eigenvalue weighted by molar-refractivity contribution is 6.00. The molecule has 0 saturated heterocycles. The van der Waals surface area contributed by atoms with Crippen molar-refractivity contribution < 1.29 is 14.3 Å². The van der Waals surface area contributed by atoms with E-state index in [0.29, 0.717) is 47.8 Å². The molecule has 0 fully saturated rings. The van der Waals surface area contributed by atoms with Crippen molar-refractivity contribution >= 4 is 34.1 Å². The summed E-state index contributed by atoms with van der Waals surface area (Å²) in [5.74, 6) is 1.40. The minimum Gasteiger partial charge on any atom is -0.494 e. The zero-order valence-corrected chi connectivity index (χ0v) is 20.6. The molecule has 0 saturated carbocycles. The Kier molecular flexibility index (Phi) is 7.40. The molecular formula is C25H28N8O3. The number of likely N-dealkylation sites (N-methyl/N-ethyl adjacent to an activating group) is 1. The van der Waals surface area contributed by atoms with Crippen LogP contribution < -0.4 is 20.1 Å². The van der Waals surface area contributed by atoms with Gasteiger partial charge >= 0.3 is 0 Å². The molecule has 2 heterocycles. The number of methoxy groups -OCH3 is 1. The van der Waals surface area contributed by atoms with Crippen LogP contribution in [0.2, 0.25) is 0 Å². The van der Waals surface area contributed by atoms with Gasteiger partial charge in [-0.1, -0.05) is 18.7 Å². The quantitative estimate of drug-likeness (QED) is 0.324. The molecule has 2 N–H and O–H groups in total. The van der Waals surface area contributed by atoms with E-state index in [9.17, 15) is 4.79 Å². The fraction of sp³-hybridized carbons (Fsp3) is 0.240. The molecule has 36 heavy (non-hydrogen) atoms. The van der Waals surface area contributed by atoms with Gasteiger partial charge in [0.25, 0.3) is 0 Å². The second kappa shape index (κ2) is 10.8. The number of hydrogen-bond acceptors (Lipinski definition) is 9. The number of hydrogen-bond donors (Lipinski definition) is 2. The molecule has 0 atom stereocenters. The van der Waals surface area contributed by atoms with Crippen molar-refractivity contribution in [3.8, 4) is 22.9 Å². The number of nitrogens with one attached hydrogen (secondary N) is 2. The number of aryl methyl sites for hydroxylation is 1. The summed E-state index contributed by atoms with van der Waals surface area (Å²) >= 11 is 0. The Hall–Kier alpha value is -4.51. The van der Waals surface area contributed by atoms with Crippen LogP contribution in [0.15, 0.2) is 55.5 Å². The maximum Gasteiger partial charge on any atom is 0.247 e. The second-order valence-electron chi connectivity index (χ2n) is 8.19. The zero-order valence-electron chi connectivity index (χ0n) is 20.6. The third-order valence-corrected chi connectivity index (χ3v) is 5.37. The Balaban J connectivity index is 1.65. The lowest BCUT2D eigenvalue weighted by Gasteiger charge is -2.18. The van der Waals surface area contributed by atoms with Gasteiger partial charge in [0, 0.05) is 30.6 Å². The molecule has 1 amide bonds. The Labute approximate surface area is 208 Å². The average Bonchev–Trinajstić information content (AvgIpc) is 3.25. The lowest BCUT2D eigenvalue weighted by atomic mass is 10.1. The summed E-state index contributed by atoms with van der Waals surface area (Å²) in [6, 6.07) is 9.30. The molecular weight excluding hydrogens is 460 g/mol. The molecule has 0 aliphatic heterocycles. The highest BCUT2D eigenvalue weighted by Crippen LogP contribution is 2.38. The molecule has 0 unspecified atom stereocenters. The van der Waals surface area contributed by atoms with Crippen molar-refractivity contribution in [2.24, 2.45) is 7.05 Å². The van der Waals surface area contributed by atoms with Crippen molar-refractivity contribution in [3.63, 3.8) is 0 Å². The number of carbonyl (C=O) groups excluding carboxylic acids is 1. The monoisotopic (exact) mass is 488 g/mol. The number of carbonyl (C=O) groups is 1. The number of fused-ring (bicyclic) bond motifs is 1. The molecule has 0 spiro atoms. The van der Waals surface area contributed by atoms with E-state index in [2.05, 4.69) is 37.3 Å². The summed E-state index contributed by atoms with van der Waals surface area (Å²) in [5.41, 5.74) is 2.79. The lowest BCUT2D eigenvalue weighted by molar-refractivity contribution is -0.111. The van der Waals surface area contributed by atoms with Crippen molar-refractivity contribution in [3.05, 3.63) is 55.5 Å². The molecule has 4 aromatic rings. The third kappa shape index (κ3) is 5.58. The minimum atomic E-state index is -0.364. The number of aromatic nitrogens is 5. The van der Waals surface area contributed by atoms with Crippen molar-refractivity contribution in [2.75, 3.05) is 45.0 Å². The predicted octanol–water partition coefficient (Wildman–Crippen LogP) is 3.24. The van der Waals surface area contributed by atoms with Gasteiger partial charge < -0.3 is 25.0 Å². The number of anilines is 3. The van der Waals surface area contributed by atoms with E-state index in [-0.39, 0.29) is 5.91 Å². The first-order valence-electron chi connectivity index (χ1n) is 11.2. The van der Waals surface area contributed by atoms with E-state index in [1.807, 2.05) is 50.4 Å². The smallest absolute Gasteiger partial charge is 0.247 e. The summed E-state index contributed by atoms with van der Waals surface area (Å²) in [7, 11) is 7.34. The summed E-state index contributed by atoms with van der Waals surface area (Å²) < 4.78 is 13.3. The van der Waals surface area contributed by atoms with Gasteiger partial charge in [-0.3, -0.25) is 9.48 Å². The molecule has 0 aliphatic rings. The van der Waals surface area contributed by atoms with Crippen molar-refractivity contribution in [2.45, 2.75) is 0 Å². The summed E-state index contributed by atoms with van der Waals surface area (Å²) in [6.07, 6.45) is 4.43. The molecule has 186 valence electrons. The number of nitrogens with zero attached hydrogens (tertiary/aromatic N) is 6. The van der Waals surface area contributed by atoms with Crippen LogP contribution in [0, 0.1) is 0 Å². The highest BCUT2D eigenvalue weighted by Gasteiger charge is 2.15. The number of ether oxygens (including phenoxy) is 2. The molecule has 0 radical (unpaired) electrons. The van der Waals surface area contributed by atoms with Gasteiger partial charge in [0.2, 0.25) is 11.9 Å². The number of benzene rings is 2. The highest BCUT2D eigenvalue weighted by atomic mass is 16.5. The standard InChI is InChI=1S/C25H28N8O3/c1-6-23(34)29-19-12-18(21(35-5)13-22(19)36-10-9-32(2)3)30-25-27-15-26-24(31-25)16-7-8-17-14-28-33(4)20(17)11-16/h6-8,11-15H,1,9-10H2,2-5H3,(H,29,34)(H,26,27,30,31). The average molecular weight is 489 g/mol. The van der Waals surface area contributed by atoms with Gasteiger partial charge in [0.05, 0.1) is 30.2 Å². The molecule has 2 aromatic carbocycles. The second-order valence-corrected chi connectivity index (χ2v) is 8.19. The van der Waals surface area contributed by atoms with Gasteiger partial charge in [-0.15, -0.1) is 0 Å². The van der Waals surface area contributed by atoms with E-state index in [0.717, 1.165) is 16.5 Å².